The second-order valence-corrected chi connectivity index (χ2v) is 6.90. The number of rotatable bonds is 8. The fraction of sp³-hybridized carbons (Fsp3) is 0.250. The van der Waals surface area contributed by atoms with Gasteiger partial charge in [-0.25, -0.2) is 4.79 Å². The van der Waals surface area contributed by atoms with Crippen LogP contribution in [0, 0.1) is 0 Å². The lowest BCUT2D eigenvalue weighted by Gasteiger charge is -2.18. The molecule has 1 atom stereocenters. The Labute approximate surface area is 173 Å². The Morgan fingerprint density at radius 2 is 1.61 bits per heavy atom. The minimum absolute atomic E-state index is 0.0111. The number of halogens is 2. The largest absolute Gasteiger partial charge is 0.467 e. The van der Waals surface area contributed by atoms with Gasteiger partial charge in [-0.15, -0.1) is 0 Å². The number of nitrogens with one attached hydrogen (secondary N) is 1. The number of hydrogen-bond donors (Lipinski definition) is 2. The maximum absolute atomic E-state index is 12.6. The zero-order valence-corrected chi connectivity index (χ0v) is 16.7. The van der Waals surface area contributed by atoms with Crippen molar-refractivity contribution in [3.8, 4) is 0 Å². The summed E-state index contributed by atoms with van der Waals surface area (Å²) >= 11 is 12.1. The van der Waals surface area contributed by atoms with E-state index in [2.05, 4.69) is 5.32 Å². The lowest BCUT2D eigenvalue weighted by Crippen LogP contribution is -2.43. The smallest absolute Gasteiger partial charge is 0.328 e. The quantitative estimate of drug-likeness (QED) is 0.636. The number of hydrogen-bond acceptors (Lipinski definition) is 5. The van der Waals surface area contributed by atoms with Gasteiger partial charge in [0.05, 0.1) is 29.3 Å². The molecule has 0 bridgehead atoms. The summed E-state index contributed by atoms with van der Waals surface area (Å²) in [5.41, 5.74) is 7.02. The van der Waals surface area contributed by atoms with Crippen LogP contribution in [-0.4, -0.2) is 37.4 Å². The number of carbonyl (C=O) groups is 3. The molecule has 1 amide bonds. The number of carbonyl (C=O) groups excluding carboxylic acids is 3. The van der Waals surface area contributed by atoms with Crippen molar-refractivity contribution in [1.29, 1.82) is 0 Å². The first kappa shape index (κ1) is 21.9. The molecule has 0 aliphatic rings. The van der Waals surface area contributed by atoms with Gasteiger partial charge in [0.15, 0.2) is 5.78 Å². The highest BCUT2D eigenvalue weighted by Crippen LogP contribution is 2.24. The van der Waals surface area contributed by atoms with E-state index in [1.54, 1.807) is 30.3 Å². The second kappa shape index (κ2) is 10.2. The summed E-state index contributed by atoms with van der Waals surface area (Å²) in [5, 5.41) is 2.98. The molecule has 0 saturated heterocycles. The fourth-order valence-corrected chi connectivity index (χ4v) is 3.18. The van der Waals surface area contributed by atoms with Gasteiger partial charge < -0.3 is 15.8 Å². The molecule has 28 heavy (non-hydrogen) atoms. The van der Waals surface area contributed by atoms with Gasteiger partial charge in [0.1, 0.15) is 6.04 Å². The van der Waals surface area contributed by atoms with E-state index in [0.717, 1.165) is 11.1 Å². The average molecular weight is 423 g/mol. The van der Waals surface area contributed by atoms with Crippen LogP contribution in [0.4, 0.5) is 0 Å². The molecule has 6 nitrogen and oxygen atoms in total. The first-order valence-corrected chi connectivity index (χ1v) is 9.23. The molecule has 3 N–H and O–H groups in total. The van der Waals surface area contributed by atoms with Gasteiger partial charge in [-0.1, -0.05) is 53.5 Å². The van der Waals surface area contributed by atoms with Crippen LogP contribution in [0.15, 0.2) is 42.5 Å². The van der Waals surface area contributed by atoms with Gasteiger partial charge in [0.25, 0.3) is 5.91 Å². The lowest BCUT2D eigenvalue weighted by atomic mass is 10.0. The molecule has 0 aromatic heterocycles. The first-order chi connectivity index (χ1) is 13.3. The molecule has 148 valence electrons. The van der Waals surface area contributed by atoms with Crippen molar-refractivity contribution in [2.75, 3.05) is 13.7 Å². The third kappa shape index (κ3) is 5.79. The summed E-state index contributed by atoms with van der Waals surface area (Å²) in [5.74, 6) is -1.24. The monoisotopic (exact) mass is 422 g/mol. The van der Waals surface area contributed by atoms with Gasteiger partial charge in [0.2, 0.25) is 0 Å². The van der Waals surface area contributed by atoms with E-state index in [4.69, 9.17) is 33.7 Å². The van der Waals surface area contributed by atoms with Crippen LogP contribution < -0.4 is 11.1 Å². The summed E-state index contributed by atoms with van der Waals surface area (Å²) in [6.07, 6.45) is 0.449. The summed E-state index contributed by atoms with van der Waals surface area (Å²) in [6.45, 7) is -0.0111. The third-order valence-corrected chi connectivity index (χ3v) is 4.70. The number of Topliss-reactive ketones (excluding diaryl/α,β-unsaturated/α-hetero) is 1. The van der Waals surface area contributed by atoms with Gasteiger partial charge in [-0.2, -0.15) is 0 Å². The molecule has 0 saturated carbocycles. The minimum Gasteiger partial charge on any atom is -0.467 e. The molecule has 0 spiro atoms. The fourth-order valence-electron chi connectivity index (χ4n) is 2.61. The van der Waals surface area contributed by atoms with Crippen molar-refractivity contribution in [3.05, 3.63) is 69.2 Å². The Morgan fingerprint density at radius 1 is 1.04 bits per heavy atom. The van der Waals surface area contributed by atoms with Crippen LogP contribution >= 0.6 is 23.2 Å². The molecule has 0 fully saturated rings. The Morgan fingerprint density at radius 3 is 2.14 bits per heavy atom. The number of esters is 1. The predicted molar refractivity (Wildman–Crippen MR) is 108 cm³/mol. The lowest BCUT2D eigenvalue weighted by molar-refractivity contribution is -0.142. The average Bonchev–Trinajstić information content (AvgIpc) is 2.68. The number of benzene rings is 2. The van der Waals surface area contributed by atoms with E-state index in [9.17, 15) is 14.4 Å². The number of amides is 1. The first-order valence-electron chi connectivity index (χ1n) is 8.48. The van der Waals surface area contributed by atoms with Crippen molar-refractivity contribution in [2.45, 2.75) is 18.9 Å². The zero-order valence-electron chi connectivity index (χ0n) is 15.2. The number of ether oxygens (including phenoxy) is 1. The molecule has 2 rings (SSSR count). The molecule has 1 unspecified atom stereocenters. The molecule has 0 aliphatic carbocycles. The molecule has 2 aromatic rings. The maximum atomic E-state index is 12.6. The Hall–Kier alpha value is -2.41. The molecule has 0 radical (unpaired) electrons. The van der Waals surface area contributed by atoms with Crippen molar-refractivity contribution in [3.63, 3.8) is 0 Å². The van der Waals surface area contributed by atoms with Crippen LogP contribution in [-0.2, 0) is 27.2 Å². The van der Waals surface area contributed by atoms with Crippen LogP contribution in [0.5, 0.6) is 0 Å². The molecule has 0 aliphatic heterocycles. The Bertz CT molecular complexity index is 849. The van der Waals surface area contributed by atoms with Gasteiger partial charge in [-0.3, -0.25) is 9.59 Å². The third-order valence-electron chi connectivity index (χ3n) is 4.07. The second-order valence-electron chi connectivity index (χ2n) is 6.09. The Kier molecular flexibility index (Phi) is 7.99. The number of nitrogens with two attached hydrogens (primary N) is 1. The number of ketones is 1. The summed E-state index contributed by atoms with van der Waals surface area (Å²) in [6, 6.07) is 10.9. The maximum Gasteiger partial charge on any atom is 0.328 e. The molecular formula is C20H20Cl2N2O4. The standard InChI is InChI=1S/C20H20Cl2N2O4/c1-28-20(27)17(24-19(26)18-15(21)3-2-4-16(18)22)10-13-7-5-12(6-8-13)9-14(25)11-23/h2-8,17H,9-11,23H2,1H3,(H,24,26). The Balaban J connectivity index is 2.15. The summed E-state index contributed by atoms with van der Waals surface area (Å²) in [4.78, 5) is 36.1. The van der Waals surface area contributed by atoms with Crippen molar-refractivity contribution in [2.24, 2.45) is 5.73 Å². The van der Waals surface area contributed by atoms with Gasteiger partial charge in [-0.05, 0) is 23.3 Å². The minimum atomic E-state index is -0.929. The van der Waals surface area contributed by atoms with E-state index in [1.807, 2.05) is 0 Å². The zero-order chi connectivity index (χ0) is 20.7. The van der Waals surface area contributed by atoms with Crippen molar-refractivity contribution in [1.82, 2.24) is 5.32 Å². The van der Waals surface area contributed by atoms with E-state index >= 15 is 0 Å². The van der Waals surface area contributed by atoms with E-state index < -0.39 is 17.9 Å². The number of methoxy groups -OCH3 is 1. The van der Waals surface area contributed by atoms with Crippen LogP contribution in [0.3, 0.4) is 0 Å². The van der Waals surface area contributed by atoms with Gasteiger partial charge in [0, 0.05) is 12.8 Å². The van der Waals surface area contributed by atoms with Crippen LogP contribution in [0.25, 0.3) is 0 Å². The SMILES string of the molecule is COC(=O)C(Cc1ccc(CC(=O)CN)cc1)NC(=O)c1c(Cl)cccc1Cl. The van der Waals surface area contributed by atoms with Crippen molar-refractivity contribution >= 4 is 40.9 Å². The van der Waals surface area contributed by atoms with Crippen LogP contribution in [0.1, 0.15) is 21.5 Å². The van der Waals surface area contributed by atoms with Crippen molar-refractivity contribution < 1.29 is 19.1 Å². The topological polar surface area (TPSA) is 98.5 Å². The highest BCUT2D eigenvalue weighted by Gasteiger charge is 2.24. The summed E-state index contributed by atoms with van der Waals surface area (Å²) < 4.78 is 4.79. The van der Waals surface area contributed by atoms with E-state index in [-0.39, 0.29) is 40.8 Å². The highest BCUT2D eigenvalue weighted by atomic mass is 35.5. The van der Waals surface area contributed by atoms with E-state index in [0.29, 0.717) is 0 Å². The molecule has 8 heteroatoms. The normalized spacial score (nSPS) is 11.6. The van der Waals surface area contributed by atoms with Crippen LogP contribution in [0.2, 0.25) is 10.0 Å². The van der Waals surface area contributed by atoms with Gasteiger partial charge >= 0.3 is 5.97 Å². The molecular weight excluding hydrogens is 403 g/mol. The highest BCUT2D eigenvalue weighted by molar-refractivity contribution is 6.39. The van der Waals surface area contributed by atoms with E-state index in [1.165, 1.54) is 19.2 Å². The summed E-state index contributed by atoms with van der Waals surface area (Å²) in [7, 11) is 1.24. The molecule has 2 aromatic carbocycles. The molecule has 0 heterocycles. The predicted octanol–water partition coefficient (Wildman–Crippen LogP) is 2.58.